The number of anilines is 2. The zero-order chi connectivity index (χ0) is 16.5. The summed E-state index contributed by atoms with van der Waals surface area (Å²) in [5.41, 5.74) is 12.2. The molecule has 23 heavy (non-hydrogen) atoms. The second-order valence-electron chi connectivity index (χ2n) is 4.92. The van der Waals surface area contributed by atoms with Gasteiger partial charge in [-0.2, -0.15) is 0 Å². The Morgan fingerprint density at radius 1 is 0.783 bits per heavy atom. The van der Waals surface area contributed by atoms with Crippen LogP contribution in [0.15, 0.2) is 60.7 Å². The van der Waals surface area contributed by atoms with E-state index in [-0.39, 0.29) is 11.8 Å². The third-order valence-corrected chi connectivity index (χ3v) is 3.25. The lowest BCUT2D eigenvalue weighted by molar-refractivity contribution is -0.134. The second kappa shape index (κ2) is 8.43. The van der Waals surface area contributed by atoms with Crippen LogP contribution in [0.3, 0.4) is 0 Å². The van der Waals surface area contributed by atoms with Crippen LogP contribution in [-0.2, 0) is 9.59 Å². The van der Waals surface area contributed by atoms with Crippen molar-refractivity contribution in [3.05, 3.63) is 60.7 Å². The molecular formula is C17H20N4O2. The highest BCUT2D eigenvalue weighted by atomic mass is 16.2. The molecule has 0 aliphatic carbocycles. The molecule has 0 atom stereocenters. The first-order valence-corrected chi connectivity index (χ1v) is 7.42. The fraction of sp³-hybridized carbons (Fsp3) is 0.176. The van der Waals surface area contributed by atoms with Gasteiger partial charge >= 0.3 is 0 Å². The molecule has 0 fully saturated rings. The highest BCUT2D eigenvalue weighted by Crippen LogP contribution is 2.07. The van der Waals surface area contributed by atoms with Gasteiger partial charge in [-0.05, 0) is 30.7 Å². The average Bonchev–Trinajstić information content (AvgIpc) is 2.60. The Morgan fingerprint density at radius 2 is 1.17 bits per heavy atom. The first kappa shape index (κ1) is 16.4. The minimum atomic E-state index is -0.789. The summed E-state index contributed by atoms with van der Waals surface area (Å²) < 4.78 is 0. The van der Waals surface area contributed by atoms with Gasteiger partial charge in [-0.3, -0.25) is 31.3 Å². The lowest BCUT2D eigenvalue weighted by Gasteiger charge is -2.16. The predicted molar refractivity (Wildman–Crippen MR) is 90.2 cm³/mol. The van der Waals surface area contributed by atoms with Crippen molar-refractivity contribution in [2.24, 2.45) is 5.92 Å². The second-order valence-corrected chi connectivity index (χ2v) is 4.92. The summed E-state index contributed by atoms with van der Waals surface area (Å²) >= 11 is 0. The van der Waals surface area contributed by atoms with Gasteiger partial charge in [0.15, 0.2) is 0 Å². The van der Waals surface area contributed by atoms with E-state index in [0.717, 1.165) is 11.4 Å². The van der Waals surface area contributed by atoms with Crippen LogP contribution in [0.5, 0.6) is 0 Å². The van der Waals surface area contributed by atoms with Crippen LogP contribution in [0.1, 0.15) is 13.3 Å². The van der Waals surface area contributed by atoms with Crippen molar-refractivity contribution in [3.63, 3.8) is 0 Å². The Hall–Kier alpha value is -3.02. The molecule has 6 heteroatoms. The molecule has 0 unspecified atom stereocenters. The van der Waals surface area contributed by atoms with Gasteiger partial charge in [-0.1, -0.05) is 43.3 Å². The van der Waals surface area contributed by atoms with Crippen molar-refractivity contribution in [3.8, 4) is 0 Å². The topological polar surface area (TPSA) is 82.3 Å². The molecule has 0 bridgehead atoms. The zero-order valence-electron chi connectivity index (χ0n) is 12.9. The third kappa shape index (κ3) is 5.03. The van der Waals surface area contributed by atoms with Crippen LogP contribution in [0, 0.1) is 5.92 Å². The SMILES string of the molecule is CCC(C(=O)NNc1ccccc1)C(=O)NNc1ccccc1. The van der Waals surface area contributed by atoms with Gasteiger partial charge < -0.3 is 0 Å². The highest BCUT2D eigenvalue weighted by molar-refractivity contribution is 6.00. The van der Waals surface area contributed by atoms with Crippen LogP contribution in [0.4, 0.5) is 11.4 Å². The number of benzene rings is 2. The molecule has 0 saturated heterocycles. The number of rotatable bonds is 7. The first-order chi connectivity index (χ1) is 11.2. The number of hydrogen-bond donors (Lipinski definition) is 4. The Morgan fingerprint density at radius 3 is 1.52 bits per heavy atom. The fourth-order valence-electron chi connectivity index (χ4n) is 1.97. The minimum absolute atomic E-state index is 0.385. The van der Waals surface area contributed by atoms with Gasteiger partial charge in [0.1, 0.15) is 5.92 Å². The molecule has 0 aliphatic rings. The van der Waals surface area contributed by atoms with Crippen LogP contribution in [0.2, 0.25) is 0 Å². The number of para-hydroxylation sites is 2. The minimum Gasteiger partial charge on any atom is -0.299 e. The molecule has 4 N–H and O–H groups in total. The van der Waals surface area contributed by atoms with E-state index in [2.05, 4.69) is 21.7 Å². The van der Waals surface area contributed by atoms with Gasteiger partial charge in [-0.15, -0.1) is 0 Å². The molecular weight excluding hydrogens is 292 g/mol. The summed E-state index contributed by atoms with van der Waals surface area (Å²) in [4.78, 5) is 24.3. The van der Waals surface area contributed by atoms with Crippen molar-refractivity contribution < 1.29 is 9.59 Å². The number of nitrogens with one attached hydrogen (secondary N) is 4. The summed E-state index contributed by atoms with van der Waals surface area (Å²) in [5, 5.41) is 0. The quantitative estimate of drug-likeness (QED) is 0.467. The molecule has 0 heterocycles. The standard InChI is InChI=1S/C17H20N4O2/c1-2-15(16(22)20-18-13-9-5-3-6-10-13)17(23)21-19-14-11-7-4-8-12-14/h3-12,15,18-19H,2H2,1H3,(H,20,22)(H,21,23). The van der Waals surface area contributed by atoms with E-state index in [9.17, 15) is 9.59 Å². The Kier molecular flexibility index (Phi) is 5.99. The first-order valence-electron chi connectivity index (χ1n) is 7.42. The van der Waals surface area contributed by atoms with Crippen molar-refractivity contribution in [1.29, 1.82) is 0 Å². The fourth-order valence-corrected chi connectivity index (χ4v) is 1.97. The van der Waals surface area contributed by atoms with E-state index in [0.29, 0.717) is 6.42 Å². The van der Waals surface area contributed by atoms with E-state index < -0.39 is 5.92 Å². The molecule has 0 aliphatic heterocycles. The van der Waals surface area contributed by atoms with E-state index >= 15 is 0 Å². The van der Waals surface area contributed by atoms with E-state index in [4.69, 9.17) is 0 Å². The molecule has 0 aromatic heterocycles. The maximum Gasteiger partial charge on any atom is 0.250 e. The van der Waals surface area contributed by atoms with Gasteiger partial charge in [-0.25, -0.2) is 0 Å². The summed E-state index contributed by atoms with van der Waals surface area (Å²) in [6, 6.07) is 18.4. The molecule has 2 aromatic rings. The van der Waals surface area contributed by atoms with E-state index in [1.807, 2.05) is 60.7 Å². The molecule has 0 radical (unpaired) electrons. The summed E-state index contributed by atoms with van der Waals surface area (Å²) in [6.07, 6.45) is 0.393. The van der Waals surface area contributed by atoms with E-state index in [1.165, 1.54) is 0 Å². The summed E-state index contributed by atoms with van der Waals surface area (Å²) in [7, 11) is 0. The predicted octanol–water partition coefficient (Wildman–Crippen LogP) is 2.30. The molecule has 2 aromatic carbocycles. The van der Waals surface area contributed by atoms with Crippen LogP contribution < -0.4 is 21.7 Å². The molecule has 0 saturated carbocycles. The van der Waals surface area contributed by atoms with Gasteiger partial charge in [0.25, 0.3) is 11.8 Å². The largest absolute Gasteiger partial charge is 0.299 e. The number of amides is 2. The van der Waals surface area contributed by atoms with Crippen molar-refractivity contribution in [1.82, 2.24) is 10.9 Å². The molecule has 6 nitrogen and oxygen atoms in total. The third-order valence-electron chi connectivity index (χ3n) is 3.25. The van der Waals surface area contributed by atoms with Crippen molar-refractivity contribution >= 4 is 23.2 Å². The maximum absolute atomic E-state index is 12.1. The number of hydrogen-bond acceptors (Lipinski definition) is 4. The normalized spacial score (nSPS) is 10.0. The average molecular weight is 312 g/mol. The molecule has 2 rings (SSSR count). The summed E-state index contributed by atoms with van der Waals surface area (Å²) in [5.74, 6) is -1.56. The molecule has 2 amide bonds. The summed E-state index contributed by atoms with van der Waals surface area (Å²) in [6.45, 7) is 1.79. The molecule has 0 spiro atoms. The highest BCUT2D eigenvalue weighted by Gasteiger charge is 2.24. The van der Waals surface area contributed by atoms with Crippen LogP contribution in [-0.4, -0.2) is 11.8 Å². The van der Waals surface area contributed by atoms with Crippen LogP contribution in [0.25, 0.3) is 0 Å². The Labute approximate surface area is 135 Å². The van der Waals surface area contributed by atoms with Gasteiger partial charge in [0, 0.05) is 0 Å². The van der Waals surface area contributed by atoms with E-state index in [1.54, 1.807) is 6.92 Å². The Balaban J connectivity index is 1.85. The van der Waals surface area contributed by atoms with Crippen molar-refractivity contribution in [2.75, 3.05) is 10.9 Å². The van der Waals surface area contributed by atoms with Gasteiger partial charge in [0.05, 0.1) is 11.4 Å². The zero-order valence-corrected chi connectivity index (χ0v) is 12.9. The van der Waals surface area contributed by atoms with Crippen LogP contribution >= 0.6 is 0 Å². The lowest BCUT2D eigenvalue weighted by atomic mass is 10.1. The monoisotopic (exact) mass is 312 g/mol. The lowest BCUT2D eigenvalue weighted by Crippen LogP contribution is -2.44. The number of carbonyl (C=O) groups is 2. The Bertz CT molecular complexity index is 576. The van der Waals surface area contributed by atoms with Crippen molar-refractivity contribution in [2.45, 2.75) is 13.3 Å². The smallest absolute Gasteiger partial charge is 0.250 e. The molecule has 120 valence electrons. The number of hydrazine groups is 2. The maximum atomic E-state index is 12.1. The number of carbonyl (C=O) groups excluding carboxylic acids is 2. The van der Waals surface area contributed by atoms with Gasteiger partial charge in [0.2, 0.25) is 0 Å².